The van der Waals surface area contributed by atoms with Crippen LogP contribution in [0.3, 0.4) is 0 Å². The molecule has 24 heavy (non-hydrogen) atoms. The predicted molar refractivity (Wildman–Crippen MR) is 99.4 cm³/mol. The van der Waals surface area contributed by atoms with Gasteiger partial charge in [0.2, 0.25) is 15.9 Å². The molecule has 6 nitrogen and oxygen atoms in total. The van der Waals surface area contributed by atoms with Gasteiger partial charge in [-0.05, 0) is 45.3 Å². The lowest BCUT2D eigenvalue weighted by Gasteiger charge is -2.22. The second-order valence-corrected chi connectivity index (χ2v) is 8.41. The minimum atomic E-state index is -3.53. The van der Waals surface area contributed by atoms with Gasteiger partial charge in [0.15, 0.2) is 0 Å². The van der Waals surface area contributed by atoms with Gasteiger partial charge in [-0.25, -0.2) is 8.42 Å². The van der Waals surface area contributed by atoms with Crippen LogP contribution in [0.1, 0.15) is 12.8 Å². The van der Waals surface area contributed by atoms with Gasteiger partial charge in [0.1, 0.15) is 0 Å². The van der Waals surface area contributed by atoms with Crippen molar-refractivity contribution in [2.45, 2.75) is 12.8 Å². The molecule has 1 rings (SSSR count). The van der Waals surface area contributed by atoms with E-state index in [0.29, 0.717) is 17.3 Å². The quantitative estimate of drug-likeness (QED) is 0.650. The van der Waals surface area contributed by atoms with Crippen molar-refractivity contribution in [3.8, 4) is 0 Å². The Kier molecular flexibility index (Phi) is 8.29. The highest BCUT2D eigenvalue weighted by molar-refractivity contribution is 7.92. The Labute approximate surface area is 153 Å². The van der Waals surface area contributed by atoms with Gasteiger partial charge in [0, 0.05) is 19.5 Å². The van der Waals surface area contributed by atoms with E-state index in [1.807, 2.05) is 19.0 Å². The lowest BCUT2D eigenvalue weighted by atomic mass is 10.3. The standard InChI is InChI=1S/C15H23Cl2N3O3S/c1-19(2)9-4-8-18-15(21)7-10-20(24(3,22)23)12-5-6-13(16)14(17)11-12/h5-6,11H,4,7-10H2,1-3H3,(H,18,21). The maximum Gasteiger partial charge on any atom is 0.232 e. The molecule has 0 heterocycles. The summed E-state index contributed by atoms with van der Waals surface area (Å²) < 4.78 is 25.1. The monoisotopic (exact) mass is 395 g/mol. The van der Waals surface area contributed by atoms with Crippen LogP contribution in [0.15, 0.2) is 18.2 Å². The smallest absolute Gasteiger partial charge is 0.232 e. The number of anilines is 1. The van der Waals surface area contributed by atoms with E-state index in [1.165, 1.54) is 12.1 Å². The summed E-state index contributed by atoms with van der Waals surface area (Å²) in [5.74, 6) is -0.192. The van der Waals surface area contributed by atoms with Crippen LogP contribution in [-0.2, 0) is 14.8 Å². The van der Waals surface area contributed by atoms with Gasteiger partial charge in [-0.15, -0.1) is 0 Å². The second kappa shape index (κ2) is 9.46. The van der Waals surface area contributed by atoms with E-state index in [0.717, 1.165) is 23.5 Å². The SMILES string of the molecule is CN(C)CCCNC(=O)CCN(c1ccc(Cl)c(Cl)c1)S(C)(=O)=O. The fourth-order valence-corrected chi connectivity index (χ4v) is 3.25. The highest BCUT2D eigenvalue weighted by Crippen LogP contribution is 2.28. The highest BCUT2D eigenvalue weighted by atomic mass is 35.5. The number of nitrogens with one attached hydrogen (secondary N) is 1. The van der Waals surface area contributed by atoms with Crippen LogP contribution in [0.2, 0.25) is 10.0 Å². The number of halogens is 2. The zero-order chi connectivity index (χ0) is 18.3. The topological polar surface area (TPSA) is 69.7 Å². The second-order valence-electron chi connectivity index (χ2n) is 5.69. The van der Waals surface area contributed by atoms with Gasteiger partial charge in [-0.1, -0.05) is 23.2 Å². The van der Waals surface area contributed by atoms with E-state index in [4.69, 9.17) is 23.2 Å². The Balaban J connectivity index is 2.65. The number of carbonyl (C=O) groups excluding carboxylic acids is 1. The molecule has 1 N–H and O–H groups in total. The van der Waals surface area contributed by atoms with Crippen LogP contribution in [0.25, 0.3) is 0 Å². The molecule has 0 fully saturated rings. The molecule has 0 aliphatic carbocycles. The third kappa shape index (κ3) is 7.25. The number of sulfonamides is 1. The third-order valence-electron chi connectivity index (χ3n) is 3.24. The van der Waals surface area contributed by atoms with E-state index in [2.05, 4.69) is 5.32 Å². The summed E-state index contributed by atoms with van der Waals surface area (Å²) in [6, 6.07) is 4.56. The zero-order valence-electron chi connectivity index (χ0n) is 14.1. The maximum atomic E-state index is 12.0. The number of carbonyl (C=O) groups is 1. The van der Waals surface area contributed by atoms with Gasteiger partial charge in [0.25, 0.3) is 0 Å². The Morgan fingerprint density at radius 1 is 1.17 bits per heavy atom. The Morgan fingerprint density at radius 2 is 1.83 bits per heavy atom. The molecule has 0 atom stereocenters. The molecule has 0 saturated carbocycles. The number of hydrogen-bond acceptors (Lipinski definition) is 4. The van der Waals surface area contributed by atoms with Crippen LogP contribution in [0.4, 0.5) is 5.69 Å². The van der Waals surface area contributed by atoms with Crippen molar-refractivity contribution >= 4 is 44.8 Å². The maximum absolute atomic E-state index is 12.0. The average Bonchev–Trinajstić information content (AvgIpc) is 2.46. The molecule has 0 aliphatic heterocycles. The number of benzene rings is 1. The molecule has 0 aliphatic rings. The van der Waals surface area contributed by atoms with E-state index in [-0.39, 0.29) is 23.9 Å². The molecule has 0 spiro atoms. The molecule has 0 unspecified atom stereocenters. The fourth-order valence-electron chi connectivity index (χ4n) is 2.04. The first kappa shape index (κ1) is 21.0. The Bertz CT molecular complexity index is 666. The summed E-state index contributed by atoms with van der Waals surface area (Å²) in [5.41, 5.74) is 0.382. The first-order valence-electron chi connectivity index (χ1n) is 7.45. The molecule has 1 aromatic carbocycles. The van der Waals surface area contributed by atoms with Crippen LogP contribution in [0, 0.1) is 0 Å². The molecule has 0 aromatic heterocycles. The first-order valence-corrected chi connectivity index (χ1v) is 10.1. The normalized spacial score (nSPS) is 11.6. The summed E-state index contributed by atoms with van der Waals surface area (Å²) in [4.78, 5) is 13.9. The molecule has 1 aromatic rings. The minimum absolute atomic E-state index is 0.0380. The van der Waals surface area contributed by atoms with Crippen molar-refractivity contribution < 1.29 is 13.2 Å². The highest BCUT2D eigenvalue weighted by Gasteiger charge is 2.19. The molecule has 0 bridgehead atoms. The molecule has 0 radical (unpaired) electrons. The van der Waals surface area contributed by atoms with Crippen molar-refractivity contribution in [2.24, 2.45) is 0 Å². The molecule has 136 valence electrons. The largest absolute Gasteiger partial charge is 0.356 e. The van der Waals surface area contributed by atoms with Gasteiger partial charge in [0.05, 0.1) is 22.0 Å². The van der Waals surface area contributed by atoms with Gasteiger partial charge < -0.3 is 10.2 Å². The molecule has 1 amide bonds. The molecule has 0 saturated heterocycles. The number of hydrogen-bond donors (Lipinski definition) is 1. The molecule has 9 heteroatoms. The van der Waals surface area contributed by atoms with Gasteiger partial charge >= 0.3 is 0 Å². The number of amides is 1. The minimum Gasteiger partial charge on any atom is -0.356 e. The zero-order valence-corrected chi connectivity index (χ0v) is 16.4. The predicted octanol–water partition coefficient (Wildman–Crippen LogP) is 2.22. The summed E-state index contributed by atoms with van der Waals surface area (Å²) >= 11 is 11.8. The lowest BCUT2D eigenvalue weighted by molar-refractivity contribution is -0.120. The summed E-state index contributed by atoms with van der Waals surface area (Å²) in [6.45, 7) is 1.47. The summed E-state index contributed by atoms with van der Waals surface area (Å²) in [6.07, 6.45) is 1.99. The van der Waals surface area contributed by atoms with E-state index in [9.17, 15) is 13.2 Å². The average molecular weight is 396 g/mol. The summed E-state index contributed by atoms with van der Waals surface area (Å²) in [7, 11) is 0.388. The summed E-state index contributed by atoms with van der Waals surface area (Å²) in [5, 5.41) is 3.38. The van der Waals surface area contributed by atoms with Crippen molar-refractivity contribution in [1.29, 1.82) is 0 Å². The van der Waals surface area contributed by atoms with Crippen molar-refractivity contribution in [3.05, 3.63) is 28.2 Å². The number of nitrogens with zero attached hydrogens (tertiary/aromatic N) is 2. The van der Waals surface area contributed by atoms with E-state index in [1.54, 1.807) is 6.07 Å². The van der Waals surface area contributed by atoms with Crippen LogP contribution >= 0.6 is 23.2 Å². The third-order valence-corrected chi connectivity index (χ3v) is 5.17. The van der Waals surface area contributed by atoms with Crippen LogP contribution < -0.4 is 9.62 Å². The molecular weight excluding hydrogens is 373 g/mol. The van der Waals surface area contributed by atoms with Gasteiger partial charge in [-0.3, -0.25) is 9.10 Å². The van der Waals surface area contributed by atoms with E-state index < -0.39 is 10.0 Å². The lowest BCUT2D eigenvalue weighted by Crippen LogP contribution is -2.35. The van der Waals surface area contributed by atoms with Crippen molar-refractivity contribution in [1.82, 2.24) is 10.2 Å². The van der Waals surface area contributed by atoms with Crippen LogP contribution in [0.5, 0.6) is 0 Å². The van der Waals surface area contributed by atoms with Crippen LogP contribution in [-0.4, -0.2) is 59.2 Å². The first-order chi connectivity index (χ1) is 11.1. The Morgan fingerprint density at radius 3 is 2.38 bits per heavy atom. The van der Waals surface area contributed by atoms with Crippen molar-refractivity contribution in [2.75, 3.05) is 44.3 Å². The molecular formula is C15H23Cl2N3O3S. The number of rotatable bonds is 9. The van der Waals surface area contributed by atoms with E-state index >= 15 is 0 Å². The van der Waals surface area contributed by atoms with Gasteiger partial charge in [-0.2, -0.15) is 0 Å². The Hall–Kier alpha value is -1.02. The van der Waals surface area contributed by atoms with Crippen molar-refractivity contribution in [3.63, 3.8) is 0 Å². The fraction of sp³-hybridized carbons (Fsp3) is 0.533.